The van der Waals surface area contributed by atoms with Crippen molar-refractivity contribution in [1.29, 1.82) is 0 Å². The molecule has 0 amide bonds. The number of aromatic nitrogens is 3. The number of pyridine rings is 1. The maximum atomic E-state index is 11.2. The van der Waals surface area contributed by atoms with Gasteiger partial charge in [-0.3, -0.25) is 10.1 Å². The van der Waals surface area contributed by atoms with Gasteiger partial charge in [-0.15, -0.1) is 0 Å². The Bertz CT molecular complexity index is 710. The highest BCUT2D eigenvalue weighted by atomic mass is 16.6. The van der Waals surface area contributed by atoms with Crippen molar-refractivity contribution >= 4 is 11.7 Å². The van der Waals surface area contributed by atoms with E-state index in [4.69, 9.17) is 9.84 Å². The summed E-state index contributed by atoms with van der Waals surface area (Å²) in [5, 5.41) is 24.2. The molecule has 0 aromatic carbocycles. The number of carbonyl (C=O) groups is 1. The third kappa shape index (κ3) is 2.66. The van der Waals surface area contributed by atoms with Crippen molar-refractivity contribution in [2.45, 2.75) is 13.3 Å². The highest BCUT2D eigenvalue weighted by Crippen LogP contribution is 2.34. The monoisotopic (exact) mass is 292 g/mol. The lowest BCUT2D eigenvalue weighted by molar-refractivity contribution is -0.386. The van der Waals surface area contributed by atoms with Gasteiger partial charge in [0.25, 0.3) is 5.88 Å². The van der Waals surface area contributed by atoms with Crippen LogP contribution in [-0.4, -0.2) is 30.8 Å². The number of rotatable bonds is 5. The van der Waals surface area contributed by atoms with E-state index in [1.54, 1.807) is 6.92 Å². The zero-order chi connectivity index (χ0) is 15.6. The predicted molar refractivity (Wildman–Crippen MR) is 70.5 cm³/mol. The van der Waals surface area contributed by atoms with Crippen molar-refractivity contribution in [3.05, 3.63) is 39.8 Å². The number of ether oxygens (including phenoxy) is 1. The first kappa shape index (κ1) is 14.4. The Kier molecular flexibility index (Phi) is 3.83. The van der Waals surface area contributed by atoms with Crippen molar-refractivity contribution < 1.29 is 19.6 Å². The van der Waals surface area contributed by atoms with Gasteiger partial charge in [-0.05, 0) is 18.6 Å². The molecule has 2 heterocycles. The summed E-state index contributed by atoms with van der Waals surface area (Å²) in [7, 11) is 1.48. The number of aryl methyl sites for hydroxylation is 2. The van der Waals surface area contributed by atoms with E-state index in [1.807, 2.05) is 0 Å². The summed E-state index contributed by atoms with van der Waals surface area (Å²) < 4.78 is 6.60. The average Bonchev–Trinajstić information content (AvgIpc) is 2.76. The predicted octanol–water partition coefficient (Wildman–Crippen LogP) is 1.78. The lowest BCUT2D eigenvalue weighted by Gasteiger charge is -2.06. The molecule has 2 aromatic rings. The molecule has 0 fully saturated rings. The molecule has 21 heavy (non-hydrogen) atoms. The maximum absolute atomic E-state index is 11.2. The second kappa shape index (κ2) is 5.57. The fourth-order valence-electron chi connectivity index (χ4n) is 1.82. The molecule has 0 radical (unpaired) electrons. The Morgan fingerprint density at radius 2 is 2.29 bits per heavy atom. The minimum atomic E-state index is -1.29. The van der Waals surface area contributed by atoms with Gasteiger partial charge >= 0.3 is 11.7 Å². The Morgan fingerprint density at radius 1 is 1.57 bits per heavy atom. The van der Waals surface area contributed by atoms with Crippen LogP contribution in [0.1, 0.15) is 23.1 Å². The van der Waals surface area contributed by atoms with Crippen molar-refractivity contribution in [2.24, 2.45) is 7.05 Å². The van der Waals surface area contributed by atoms with Crippen LogP contribution in [0.4, 0.5) is 5.69 Å². The van der Waals surface area contributed by atoms with E-state index in [9.17, 15) is 14.9 Å². The van der Waals surface area contributed by atoms with Gasteiger partial charge in [-0.2, -0.15) is 5.10 Å². The van der Waals surface area contributed by atoms with Gasteiger partial charge in [0, 0.05) is 13.2 Å². The Labute approximate surface area is 118 Å². The summed E-state index contributed by atoms with van der Waals surface area (Å²) in [6, 6.07) is 2.85. The number of nitro groups is 1. The van der Waals surface area contributed by atoms with Gasteiger partial charge in [-0.1, -0.05) is 6.92 Å². The summed E-state index contributed by atoms with van der Waals surface area (Å²) in [6.07, 6.45) is 1.65. The smallest absolute Gasteiger partial charge is 0.358 e. The van der Waals surface area contributed by atoms with Gasteiger partial charge in [0.2, 0.25) is 0 Å². The van der Waals surface area contributed by atoms with Crippen molar-refractivity contribution in [2.75, 3.05) is 0 Å². The normalized spacial score (nSPS) is 10.4. The van der Waals surface area contributed by atoms with E-state index < -0.39 is 10.9 Å². The topological polar surface area (TPSA) is 120 Å². The summed E-state index contributed by atoms with van der Waals surface area (Å²) >= 11 is 0. The van der Waals surface area contributed by atoms with Gasteiger partial charge in [-0.25, -0.2) is 14.5 Å². The first-order valence-corrected chi connectivity index (χ1v) is 6.02. The molecule has 0 aliphatic rings. The summed E-state index contributed by atoms with van der Waals surface area (Å²) in [5.41, 5.74) is -0.343. The minimum Gasteiger partial charge on any atom is -0.476 e. The molecule has 0 saturated heterocycles. The molecule has 1 N–H and O–H groups in total. The first-order chi connectivity index (χ1) is 9.95. The standard InChI is InChI=1S/C12H12N4O5/c1-3-7-10(16(19)20)11(15(2)14-7)21-8-5-4-6-13-9(8)12(17)18/h4-6H,3H2,1-2H3,(H,17,18). The number of hydrogen-bond acceptors (Lipinski definition) is 6. The van der Waals surface area contributed by atoms with E-state index in [1.165, 1.54) is 30.1 Å². The fraction of sp³-hybridized carbons (Fsp3) is 0.250. The van der Waals surface area contributed by atoms with Crippen LogP contribution >= 0.6 is 0 Å². The molecular formula is C12H12N4O5. The van der Waals surface area contributed by atoms with Crippen molar-refractivity contribution in [1.82, 2.24) is 14.8 Å². The second-order valence-corrected chi connectivity index (χ2v) is 4.09. The average molecular weight is 292 g/mol. The van der Waals surface area contributed by atoms with E-state index >= 15 is 0 Å². The number of nitrogens with zero attached hydrogens (tertiary/aromatic N) is 4. The summed E-state index contributed by atoms with van der Waals surface area (Å²) in [5.74, 6) is -1.50. The Balaban J connectivity index is 2.52. The zero-order valence-electron chi connectivity index (χ0n) is 11.3. The molecule has 2 aromatic heterocycles. The highest BCUT2D eigenvalue weighted by molar-refractivity contribution is 5.88. The van der Waals surface area contributed by atoms with Crippen LogP contribution in [0.3, 0.4) is 0 Å². The largest absolute Gasteiger partial charge is 0.476 e. The maximum Gasteiger partial charge on any atom is 0.358 e. The van der Waals surface area contributed by atoms with Crippen LogP contribution in [0.5, 0.6) is 11.6 Å². The van der Waals surface area contributed by atoms with Crippen LogP contribution in [0.15, 0.2) is 18.3 Å². The molecule has 2 rings (SSSR count). The van der Waals surface area contributed by atoms with Crippen LogP contribution in [0.25, 0.3) is 0 Å². The zero-order valence-corrected chi connectivity index (χ0v) is 11.3. The molecule has 9 heteroatoms. The third-order valence-electron chi connectivity index (χ3n) is 2.74. The molecule has 110 valence electrons. The van der Waals surface area contributed by atoms with E-state index in [0.717, 1.165) is 0 Å². The molecule has 0 atom stereocenters. The van der Waals surface area contributed by atoms with Crippen LogP contribution in [0, 0.1) is 10.1 Å². The first-order valence-electron chi connectivity index (χ1n) is 6.02. The number of aromatic carboxylic acids is 1. The SMILES string of the molecule is CCc1nn(C)c(Oc2cccnc2C(=O)O)c1[N+](=O)[O-]. The second-order valence-electron chi connectivity index (χ2n) is 4.09. The van der Waals surface area contributed by atoms with Crippen molar-refractivity contribution in [3.63, 3.8) is 0 Å². The quantitative estimate of drug-likeness (QED) is 0.658. The lowest BCUT2D eigenvalue weighted by atomic mass is 10.3. The summed E-state index contributed by atoms with van der Waals surface area (Å²) in [6.45, 7) is 1.73. The highest BCUT2D eigenvalue weighted by Gasteiger charge is 2.28. The van der Waals surface area contributed by atoms with E-state index in [0.29, 0.717) is 6.42 Å². The van der Waals surface area contributed by atoms with Crippen LogP contribution in [0.2, 0.25) is 0 Å². The Morgan fingerprint density at radius 3 is 2.86 bits per heavy atom. The minimum absolute atomic E-state index is 0.0845. The van der Waals surface area contributed by atoms with E-state index in [-0.39, 0.29) is 28.7 Å². The van der Waals surface area contributed by atoms with Gasteiger partial charge in [0.15, 0.2) is 11.4 Å². The van der Waals surface area contributed by atoms with E-state index in [2.05, 4.69) is 10.1 Å². The third-order valence-corrected chi connectivity index (χ3v) is 2.74. The number of carboxylic acids is 1. The number of carboxylic acid groups (broad SMARTS) is 1. The molecule has 0 saturated carbocycles. The van der Waals surface area contributed by atoms with Gasteiger partial charge in [0.05, 0.1) is 4.92 Å². The number of hydrogen-bond donors (Lipinski definition) is 1. The van der Waals surface area contributed by atoms with Crippen LogP contribution in [-0.2, 0) is 13.5 Å². The fourth-order valence-corrected chi connectivity index (χ4v) is 1.82. The van der Waals surface area contributed by atoms with Crippen LogP contribution < -0.4 is 4.74 Å². The van der Waals surface area contributed by atoms with Crippen molar-refractivity contribution in [3.8, 4) is 11.6 Å². The van der Waals surface area contributed by atoms with Gasteiger partial charge < -0.3 is 9.84 Å². The Hall–Kier alpha value is -2.97. The van der Waals surface area contributed by atoms with Gasteiger partial charge in [0.1, 0.15) is 5.69 Å². The molecule has 0 aliphatic carbocycles. The molecule has 0 spiro atoms. The molecule has 0 bridgehead atoms. The summed E-state index contributed by atoms with van der Waals surface area (Å²) in [4.78, 5) is 25.3. The molecular weight excluding hydrogens is 280 g/mol. The molecule has 9 nitrogen and oxygen atoms in total. The lowest BCUT2D eigenvalue weighted by Crippen LogP contribution is -2.05. The molecule has 0 aliphatic heterocycles. The molecule has 0 unspecified atom stereocenters.